The highest BCUT2D eigenvalue weighted by Gasteiger charge is 2.24. The molecule has 0 amide bonds. The molecule has 2 rings (SSSR count). The summed E-state index contributed by atoms with van der Waals surface area (Å²) in [5.41, 5.74) is 3.58. The van der Waals surface area contributed by atoms with Crippen LogP contribution in [-0.4, -0.2) is 18.1 Å². The average molecular weight is 215 g/mol. The minimum atomic E-state index is 0.605. The Morgan fingerprint density at radius 3 is 2.62 bits per heavy atom. The van der Waals surface area contributed by atoms with Crippen molar-refractivity contribution in [3.8, 4) is 6.07 Å². The topological polar surface area (TPSA) is 39.9 Å². The number of rotatable bonds is 2. The third-order valence-electron chi connectivity index (χ3n) is 3.42. The van der Waals surface area contributed by atoms with Gasteiger partial charge >= 0.3 is 0 Å². The van der Waals surface area contributed by atoms with Crippen LogP contribution >= 0.6 is 0 Å². The van der Waals surface area contributed by atoms with E-state index in [1.165, 1.54) is 19.3 Å². The lowest BCUT2D eigenvalue weighted by Gasteiger charge is -2.37. The minimum absolute atomic E-state index is 0.605. The minimum Gasteiger partial charge on any atom is -0.370 e. The molecule has 0 unspecified atom stereocenters. The largest absolute Gasteiger partial charge is 0.370 e. The third kappa shape index (κ3) is 1.76. The first-order chi connectivity index (χ1) is 7.63. The fraction of sp³-hybridized carbons (Fsp3) is 0.538. The summed E-state index contributed by atoms with van der Waals surface area (Å²) in [7, 11) is 2.08. The maximum absolute atomic E-state index is 9.19. The zero-order valence-electron chi connectivity index (χ0n) is 10.1. The predicted molar refractivity (Wildman–Crippen MR) is 64.5 cm³/mol. The molecular formula is C13H17N3. The van der Waals surface area contributed by atoms with Crippen LogP contribution in [0, 0.1) is 25.2 Å². The zero-order chi connectivity index (χ0) is 11.7. The number of aromatic nitrogens is 1. The average Bonchev–Trinajstić information content (AvgIpc) is 2.13. The fourth-order valence-corrected chi connectivity index (χ4v) is 2.20. The van der Waals surface area contributed by atoms with Gasteiger partial charge in [0.2, 0.25) is 0 Å². The Morgan fingerprint density at radius 1 is 1.44 bits per heavy atom. The second-order valence-corrected chi connectivity index (χ2v) is 4.55. The van der Waals surface area contributed by atoms with Gasteiger partial charge in [-0.3, -0.25) is 4.98 Å². The van der Waals surface area contributed by atoms with Crippen LogP contribution in [0.4, 0.5) is 5.69 Å². The van der Waals surface area contributed by atoms with E-state index in [1.807, 2.05) is 19.9 Å². The third-order valence-corrected chi connectivity index (χ3v) is 3.42. The summed E-state index contributed by atoms with van der Waals surface area (Å²) in [4.78, 5) is 6.58. The molecule has 3 nitrogen and oxygen atoms in total. The van der Waals surface area contributed by atoms with E-state index in [9.17, 15) is 5.26 Å². The molecule has 1 aromatic rings. The first-order valence-corrected chi connectivity index (χ1v) is 5.74. The summed E-state index contributed by atoms with van der Waals surface area (Å²) in [6, 6.07) is 4.89. The number of nitrogens with zero attached hydrogens (tertiary/aromatic N) is 3. The number of pyridine rings is 1. The monoisotopic (exact) mass is 215 g/mol. The van der Waals surface area contributed by atoms with E-state index in [2.05, 4.69) is 23.0 Å². The maximum Gasteiger partial charge on any atom is 0.103 e. The first kappa shape index (κ1) is 10.9. The molecule has 84 valence electrons. The van der Waals surface area contributed by atoms with Crippen molar-refractivity contribution in [1.82, 2.24) is 4.98 Å². The van der Waals surface area contributed by atoms with Gasteiger partial charge in [0.1, 0.15) is 6.07 Å². The summed E-state index contributed by atoms with van der Waals surface area (Å²) in [6.07, 6.45) is 3.78. The maximum atomic E-state index is 9.19. The molecular weight excluding hydrogens is 198 g/mol. The molecule has 0 atom stereocenters. The van der Waals surface area contributed by atoms with E-state index in [0.29, 0.717) is 6.04 Å². The molecule has 1 aliphatic carbocycles. The Hall–Kier alpha value is -1.56. The SMILES string of the molecule is Cc1cc(N(C)C2CCC2)c(C#N)c(C)n1. The van der Waals surface area contributed by atoms with Gasteiger partial charge in [-0.2, -0.15) is 5.26 Å². The van der Waals surface area contributed by atoms with Crippen LogP contribution in [-0.2, 0) is 0 Å². The molecule has 1 heterocycles. The number of nitriles is 1. The number of anilines is 1. The Morgan fingerprint density at radius 2 is 2.12 bits per heavy atom. The van der Waals surface area contributed by atoms with Crippen molar-refractivity contribution in [3.63, 3.8) is 0 Å². The molecule has 3 heteroatoms. The van der Waals surface area contributed by atoms with Crippen molar-refractivity contribution >= 4 is 5.69 Å². The van der Waals surface area contributed by atoms with Gasteiger partial charge in [-0.15, -0.1) is 0 Å². The van der Waals surface area contributed by atoms with Crippen LogP contribution in [0.5, 0.6) is 0 Å². The van der Waals surface area contributed by atoms with E-state index in [0.717, 1.165) is 22.6 Å². The first-order valence-electron chi connectivity index (χ1n) is 5.74. The molecule has 0 aromatic carbocycles. The van der Waals surface area contributed by atoms with Crippen molar-refractivity contribution < 1.29 is 0 Å². The van der Waals surface area contributed by atoms with Gasteiger partial charge in [0, 0.05) is 18.8 Å². The van der Waals surface area contributed by atoms with Gasteiger partial charge in [0.15, 0.2) is 0 Å². The van der Waals surface area contributed by atoms with Crippen molar-refractivity contribution in [2.75, 3.05) is 11.9 Å². The fourth-order valence-electron chi connectivity index (χ4n) is 2.20. The number of hydrogen-bond donors (Lipinski definition) is 0. The van der Waals surface area contributed by atoms with E-state index in [4.69, 9.17) is 0 Å². The highest BCUT2D eigenvalue weighted by molar-refractivity contribution is 5.61. The highest BCUT2D eigenvalue weighted by Crippen LogP contribution is 2.31. The van der Waals surface area contributed by atoms with E-state index >= 15 is 0 Å². The lowest BCUT2D eigenvalue weighted by atomic mass is 9.91. The molecule has 0 bridgehead atoms. The van der Waals surface area contributed by atoms with Gasteiger partial charge in [-0.1, -0.05) is 0 Å². The van der Waals surface area contributed by atoms with E-state index < -0.39 is 0 Å². The second kappa shape index (κ2) is 4.13. The van der Waals surface area contributed by atoms with Crippen molar-refractivity contribution in [1.29, 1.82) is 5.26 Å². The van der Waals surface area contributed by atoms with Crippen LogP contribution in [0.1, 0.15) is 36.2 Å². The summed E-state index contributed by atoms with van der Waals surface area (Å²) in [6.45, 7) is 3.88. The Bertz CT molecular complexity index is 441. The normalized spacial score (nSPS) is 15.4. The van der Waals surface area contributed by atoms with Crippen molar-refractivity contribution in [2.24, 2.45) is 0 Å². The van der Waals surface area contributed by atoms with Gasteiger partial charge in [-0.25, -0.2) is 0 Å². The molecule has 16 heavy (non-hydrogen) atoms. The smallest absolute Gasteiger partial charge is 0.103 e. The summed E-state index contributed by atoms with van der Waals surface area (Å²) >= 11 is 0. The lowest BCUT2D eigenvalue weighted by molar-refractivity contribution is 0.401. The highest BCUT2D eigenvalue weighted by atomic mass is 15.1. The molecule has 0 spiro atoms. The molecule has 1 aromatic heterocycles. The summed E-state index contributed by atoms with van der Waals surface area (Å²) in [5, 5.41) is 9.19. The molecule has 1 aliphatic rings. The van der Waals surface area contributed by atoms with Gasteiger partial charge in [0.05, 0.1) is 16.9 Å². The van der Waals surface area contributed by atoms with Crippen LogP contribution in [0.15, 0.2) is 6.07 Å². The second-order valence-electron chi connectivity index (χ2n) is 4.55. The summed E-state index contributed by atoms with van der Waals surface area (Å²) < 4.78 is 0. The number of aryl methyl sites for hydroxylation is 2. The van der Waals surface area contributed by atoms with Crippen LogP contribution < -0.4 is 4.90 Å². The van der Waals surface area contributed by atoms with Crippen LogP contribution in [0.2, 0.25) is 0 Å². The van der Waals surface area contributed by atoms with Crippen molar-refractivity contribution in [3.05, 3.63) is 23.0 Å². The van der Waals surface area contributed by atoms with Crippen LogP contribution in [0.3, 0.4) is 0 Å². The van der Waals surface area contributed by atoms with E-state index in [1.54, 1.807) is 0 Å². The van der Waals surface area contributed by atoms with Crippen molar-refractivity contribution in [2.45, 2.75) is 39.2 Å². The predicted octanol–water partition coefficient (Wildman–Crippen LogP) is 2.56. The molecule has 1 saturated carbocycles. The summed E-state index contributed by atoms with van der Waals surface area (Å²) in [5.74, 6) is 0. The standard InChI is InChI=1S/C13H17N3/c1-9-7-13(12(8-14)10(2)15-9)16(3)11-5-4-6-11/h7,11H,4-6H2,1-3H3. The Kier molecular flexibility index (Phi) is 2.82. The quantitative estimate of drug-likeness (QED) is 0.761. The molecule has 1 fully saturated rings. The Labute approximate surface area is 96.7 Å². The molecule has 0 saturated heterocycles. The zero-order valence-corrected chi connectivity index (χ0v) is 10.1. The molecule has 0 aliphatic heterocycles. The lowest BCUT2D eigenvalue weighted by Crippen LogP contribution is -2.37. The van der Waals surface area contributed by atoms with Gasteiger partial charge in [0.25, 0.3) is 0 Å². The molecule has 0 radical (unpaired) electrons. The van der Waals surface area contributed by atoms with E-state index in [-0.39, 0.29) is 0 Å². The Balaban J connectivity index is 2.42. The van der Waals surface area contributed by atoms with Crippen LogP contribution in [0.25, 0.3) is 0 Å². The molecule has 0 N–H and O–H groups in total. The number of hydrogen-bond acceptors (Lipinski definition) is 3. The van der Waals surface area contributed by atoms with Gasteiger partial charge in [-0.05, 0) is 39.2 Å². The van der Waals surface area contributed by atoms with Gasteiger partial charge < -0.3 is 4.90 Å².